The molecule has 0 fully saturated rings. The van der Waals surface area contributed by atoms with Crippen LogP contribution < -0.4 is 20.4 Å². The first-order valence-electron chi connectivity index (χ1n) is 8.24. The van der Waals surface area contributed by atoms with Gasteiger partial charge in [0.15, 0.2) is 0 Å². The van der Waals surface area contributed by atoms with Crippen LogP contribution in [0.5, 0.6) is 5.75 Å². The van der Waals surface area contributed by atoms with Crippen LogP contribution in [0.25, 0.3) is 0 Å². The molecule has 0 aliphatic heterocycles. The maximum Gasteiger partial charge on any atom is 0.259 e. The summed E-state index contributed by atoms with van der Waals surface area (Å²) in [6, 6.07) is 15.0. The Labute approximate surface area is 153 Å². The van der Waals surface area contributed by atoms with Gasteiger partial charge in [-0.2, -0.15) is 5.10 Å². The summed E-state index contributed by atoms with van der Waals surface area (Å²) in [5, 5.41) is 15.9. The van der Waals surface area contributed by atoms with Crippen molar-refractivity contribution in [2.45, 2.75) is 0 Å². The molecule has 1 amide bonds. The number of nitrogens with zero attached hydrogens (tertiary/aromatic N) is 2. The molecule has 3 N–H and O–H groups in total. The van der Waals surface area contributed by atoms with Gasteiger partial charge in [-0.05, 0) is 42.0 Å². The third-order valence-corrected chi connectivity index (χ3v) is 3.72. The molecule has 0 saturated carbocycles. The first-order valence-corrected chi connectivity index (χ1v) is 8.24. The number of hydrogen-bond donors (Lipinski definition) is 3. The number of carbonyl (C=O) groups excluding carboxylic acids is 1. The van der Waals surface area contributed by atoms with E-state index < -0.39 is 0 Å². The van der Waals surface area contributed by atoms with Gasteiger partial charge in [0.2, 0.25) is 0 Å². The van der Waals surface area contributed by atoms with Gasteiger partial charge >= 0.3 is 0 Å². The second kappa shape index (κ2) is 10.0. The van der Waals surface area contributed by atoms with Crippen molar-refractivity contribution in [1.29, 1.82) is 0 Å². The first-order chi connectivity index (χ1) is 12.6. The van der Waals surface area contributed by atoms with Crippen LogP contribution in [0.15, 0.2) is 53.6 Å². The predicted octanol–water partition coefficient (Wildman–Crippen LogP) is 1.69. The van der Waals surface area contributed by atoms with Gasteiger partial charge < -0.3 is 20.1 Å². The highest BCUT2D eigenvalue weighted by Crippen LogP contribution is 2.14. The summed E-state index contributed by atoms with van der Waals surface area (Å²) in [7, 11) is 3.52. The molecule has 2 rings (SSSR count). The van der Waals surface area contributed by atoms with Crippen LogP contribution in [0.3, 0.4) is 0 Å². The van der Waals surface area contributed by atoms with Crippen molar-refractivity contribution in [2.24, 2.45) is 5.10 Å². The number of anilines is 2. The molecular weight excluding hydrogens is 332 g/mol. The Kier molecular flexibility index (Phi) is 7.45. The maximum absolute atomic E-state index is 11.8. The van der Waals surface area contributed by atoms with Crippen LogP contribution in [-0.4, -0.2) is 51.1 Å². The minimum atomic E-state index is -0.239. The lowest BCUT2D eigenvalue weighted by Crippen LogP contribution is -2.25. The zero-order chi connectivity index (χ0) is 18.8. The first kappa shape index (κ1) is 19.3. The van der Waals surface area contributed by atoms with Gasteiger partial charge in [-0.25, -0.2) is 5.43 Å². The number of benzene rings is 2. The monoisotopic (exact) mass is 356 g/mol. The number of carbonyl (C=O) groups is 1. The van der Waals surface area contributed by atoms with E-state index in [1.807, 2.05) is 60.5 Å². The number of amides is 1. The average molecular weight is 356 g/mol. The van der Waals surface area contributed by atoms with Crippen LogP contribution >= 0.6 is 0 Å². The van der Waals surface area contributed by atoms with Gasteiger partial charge in [0.05, 0.1) is 26.5 Å². The number of likely N-dealkylation sites (N-methyl/N-ethyl adjacent to an activating group) is 1. The third kappa shape index (κ3) is 6.10. The Balaban J connectivity index is 1.77. The molecule has 26 heavy (non-hydrogen) atoms. The van der Waals surface area contributed by atoms with E-state index in [2.05, 4.69) is 15.8 Å². The van der Waals surface area contributed by atoms with Crippen LogP contribution in [0, 0.1) is 0 Å². The summed E-state index contributed by atoms with van der Waals surface area (Å²) in [4.78, 5) is 13.8. The third-order valence-electron chi connectivity index (χ3n) is 3.72. The molecule has 0 bridgehead atoms. The molecule has 0 heterocycles. The zero-order valence-electron chi connectivity index (χ0n) is 15.0. The molecular formula is C19H24N4O3. The van der Waals surface area contributed by atoms with Crippen LogP contribution in [0.2, 0.25) is 0 Å². The molecule has 0 saturated heterocycles. The standard InChI is InChI=1S/C19H24N4O3/c1-23(11-12-24)17-7-3-15(4-8-17)13-21-22-19(25)14-20-16-5-9-18(26-2)10-6-16/h3-10,13,20,24H,11-12,14H2,1-2H3,(H,22,25)/b21-13+. The molecule has 2 aromatic carbocycles. The summed E-state index contributed by atoms with van der Waals surface area (Å²) < 4.78 is 5.08. The molecule has 7 nitrogen and oxygen atoms in total. The lowest BCUT2D eigenvalue weighted by Gasteiger charge is -2.17. The van der Waals surface area contributed by atoms with Gasteiger partial charge in [-0.15, -0.1) is 0 Å². The van der Waals surface area contributed by atoms with Crippen LogP contribution in [0.1, 0.15) is 5.56 Å². The lowest BCUT2D eigenvalue weighted by atomic mass is 10.2. The number of nitrogens with one attached hydrogen (secondary N) is 2. The van der Waals surface area contributed by atoms with Crippen LogP contribution in [0.4, 0.5) is 11.4 Å². The van der Waals surface area contributed by atoms with Gasteiger partial charge in [0.1, 0.15) is 5.75 Å². The van der Waals surface area contributed by atoms with Gasteiger partial charge in [0.25, 0.3) is 5.91 Å². The van der Waals surface area contributed by atoms with Crippen molar-refractivity contribution in [1.82, 2.24) is 5.43 Å². The van der Waals surface area contributed by atoms with E-state index in [-0.39, 0.29) is 19.1 Å². The van der Waals surface area contributed by atoms with Gasteiger partial charge in [0, 0.05) is 25.0 Å². The van der Waals surface area contributed by atoms with Crippen molar-refractivity contribution in [3.05, 3.63) is 54.1 Å². The average Bonchev–Trinajstić information content (AvgIpc) is 2.67. The van der Waals surface area contributed by atoms with Crippen molar-refractivity contribution in [3.8, 4) is 5.75 Å². The predicted molar refractivity (Wildman–Crippen MR) is 104 cm³/mol. The summed E-state index contributed by atoms with van der Waals surface area (Å²) in [6.45, 7) is 0.801. The molecule has 0 atom stereocenters. The molecule has 7 heteroatoms. The Hall–Kier alpha value is -3.06. The highest BCUT2D eigenvalue weighted by atomic mass is 16.5. The van der Waals surface area contributed by atoms with Crippen molar-refractivity contribution in [2.75, 3.05) is 44.1 Å². The number of hydrogen-bond acceptors (Lipinski definition) is 6. The second-order valence-corrected chi connectivity index (χ2v) is 5.61. The number of aliphatic hydroxyl groups is 1. The largest absolute Gasteiger partial charge is 0.497 e. The maximum atomic E-state index is 11.8. The van der Waals surface area contributed by atoms with Crippen molar-refractivity contribution >= 4 is 23.5 Å². The van der Waals surface area contributed by atoms with E-state index >= 15 is 0 Å². The molecule has 0 aromatic heterocycles. The molecule has 0 aliphatic carbocycles. The minimum Gasteiger partial charge on any atom is -0.497 e. The molecule has 0 radical (unpaired) electrons. The normalized spacial score (nSPS) is 10.6. The number of rotatable bonds is 9. The smallest absolute Gasteiger partial charge is 0.259 e. The van der Waals surface area contributed by atoms with Gasteiger partial charge in [-0.3, -0.25) is 4.79 Å². The van der Waals surface area contributed by atoms with E-state index in [4.69, 9.17) is 9.84 Å². The second-order valence-electron chi connectivity index (χ2n) is 5.61. The Morgan fingerprint density at radius 2 is 1.88 bits per heavy atom. The fourth-order valence-electron chi connectivity index (χ4n) is 2.20. The Bertz CT molecular complexity index is 715. The summed E-state index contributed by atoms with van der Waals surface area (Å²) in [6.07, 6.45) is 1.58. The summed E-state index contributed by atoms with van der Waals surface area (Å²) in [5.41, 5.74) is 5.18. The topological polar surface area (TPSA) is 86.2 Å². The minimum absolute atomic E-state index is 0.107. The van der Waals surface area contributed by atoms with Crippen LogP contribution in [-0.2, 0) is 4.79 Å². The quantitative estimate of drug-likeness (QED) is 0.470. The summed E-state index contributed by atoms with van der Waals surface area (Å²) in [5.74, 6) is 0.523. The molecule has 138 valence electrons. The Morgan fingerprint density at radius 3 is 2.50 bits per heavy atom. The fraction of sp³-hybridized carbons (Fsp3) is 0.263. The summed E-state index contributed by atoms with van der Waals surface area (Å²) >= 11 is 0. The van der Waals surface area contributed by atoms with E-state index in [0.29, 0.717) is 6.54 Å². The Morgan fingerprint density at radius 1 is 1.19 bits per heavy atom. The molecule has 2 aromatic rings. The lowest BCUT2D eigenvalue weighted by molar-refractivity contribution is -0.119. The number of aliphatic hydroxyl groups excluding tert-OH is 1. The fourth-order valence-corrected chi connectivity index (χ4v) is 2.20. The highest BCUT2D eigenvalue weighted by molar-refractivity contribution is 5.84. The van der Waals surface area contributed by atoms with E-state index in [0.717, 1.165) is 22.7 Å². The van der Waals surface area contributed by atoms with Crippen molar-refractivity contribution in [3.63, 3.8) is 0 Å². The van der Waals surface area contributed by atoms with E-state index in [1.165, 1.54) is 0 Å². The van der Waals surface area contributed by atoms with Crippen molar-refractivity contribution < 1.29 is 14.6 Å². The molecule has 0 spiro atoms. The number of hydrazone groups is 1. The highest BCUT2D eigenvalue weighted by Gasteiger charge is 2.01. The molecule has 0 unspecified atom stereocenters. The van der Waals surface area contributed by atoms with E-state index in [1.54, 1.807) is 13.3 Å². The molecule has 0 aliphatic rings. The van der Waals surface area contributed by atoms with E-state index in [9.17, 15) is 4.79 Å². The SMILES string of the molecule is COc1ccc(NCC(=O)N/N=C/c2ccc(N(C)CCO)cc2)cc1. The van der Waals surface area contributed by atoms with Gasteiger partial charge in [-0.1, -0.05) is 12.1 Å². The number of methoxy groups -OCH3 is 1. The zero-order valence-corrected chi connectivity index (χ0v) is 15.0. The number of ether oxygens (including phenoxy) is 1.